The van der Waals surface area contributed by atoms with Crippen LogP contribution in [0.1, 0.15) is 16.2 Å². The van der Waals surface area contributed by atoms with Crippen molar-refractivity contribution in [2.75, 3.05) is 5.32 Å². The van der Waals surface area contributed by atoms with Crippen molar-refractivity contribution < 1.29 is 9.21 Å². The van der Waals surface area contributed by atoms with Crippen molar-refractivity contribution in [1.82, 2.24) is 9.97 Å². The number of oxazole rings is 1. The Bertz CT molecular complexity index is 766. The zero-order valence-corrected chi connectivity index (χ0v) is 11.4. The van der Waals surface area contributed by atoms with Crippen LogP contribution in [0, 0.1) is 6.92 Å². The van der Waals surface area contributed by atoms with Gasteiger partial charge in [-0.15, -0.1) is 0 Å². The van der Waals surface area contributed by atoms with E-state index in [4.69, 9.17) is 4.42 Å². The summed E-state index contributed by atoms with van der Waals surface area (Å²) in [5.74, 6) is -0.146. The Morgan fingerprint density at radius 3 is 2.71 bits per heavy atom. The summed E-state index contributed by atoms with van der Waals surface area (Å²) in [5.41, 5.74) is 2.86. The number of hydrogen-bond donors (Lipinski definition) is 1. The zero-order chi connectivity index (χ0) is 14.7. The van der Waals surface area contributed by atoms with E-state index < -0.39 is 0 Å². The first-order valence-corrected chi connectivity index (χ1v) is 6.47. The van der Waals surface area contributed by atoms with Crippen molar-refractivity contribution in [3.05, 3.63) is 66.5 Å². The van der Waals surface area contributed by atoms with Crippen molar-refractivity contribution >= 4 is 11.6 Å². The van der Waals surface area contributed by atoms with Crippen LogP contribution in [0.5, 0.6) is 0 Å². The van der Waals surface area contributed by atoms with E-state index in [-0.39, 0.29) is 11.7 Å². The number of pyridine rings is 1. The highest BCUT2D eigenvalue weighted by Crippen LogP contribution is 2.22. The second kappa shape index (κ2) is 5.58. The highest BCUT2D eigenvalue weighted by molar-refractivity contribution is 6.05. The van der Waals surface area contributed by atoms with Gasteiger partial charge in [-0.1, -0.05) is 30.3 Å². The number of anilines is 1. The first kappa shape index (κ1) is 13.1. The molecule has 2 aromatic heterocycles. The van der Waals surface area contributed by atoms with E-state index in [1.807, 2.05) is 37.3 Å². The molecule has 21 heavy (non-hydrogen) atoms. The first-order valence-electron chi connectivity index (χ1n) is 6.47. The number of amides is 1. The Hall–Kier alpha value is -2.95. The summed E-state index contributed by atoms with van der Waals surface area (Å²) in [6.07, 6.45) is 2.92. The molecule has 0 radical (unpaired) electrons. The van der Waals surface area contributed by atoms with Crippen molar-refractivity contribution in [3.8, 4) is 11.3 Å². The maximum Gasteiger partial charge on any atom is 0.293 e. The molecule has 0 aliphatic carbocycles. The molecule has 0 aliphatic heterocycles. The van der Waals surface area contributed by atoms with Crippen LogP contribution in [0.25, 0.3) is 11.3 Å². The van der Waals surface area contributed by atoms with Crippen LogP contribution in [0.2, 0.25) is 0 Å². The molecular weight excluding hydrogens is 266 g/mol. The van der Waals surface area contributed by atoms with Gasteiger partial charge in [0.25, 0.3) is 5.91 Å². The maximum atomic E-state index is 12.3. The fraction of sp³-hybridized carbons (Fsp3) is 0.0625. The van der Waals surface area contributed by atoms with Gasteiger partial charge < -0.3 is 9.73 Å². The summed E-state index contributed by atoms with van der Waals surface area (Å²) in [4.78, 5) is 20.5. The van der Waals surface area contributed by atoms with Crippen LogP contribution in [-0.2, 0) is 0 Å². The minimum absolute atomic E-state index is 0.190. The average molecular weight is 279 g/mol. The lowest BCUT2D eigenvalue weighted by molar-refractivity contribution is 0.0997. The number of carbonyl (C=O) groups excluding carboxylic acids is 1. The molecule has 0 saturated carbocycles. The topological polar surface area (TPSA) is 68.0 Å². The zero-order valence-electron chi connectivity index (χ0n) is 11.4. The monoisotopic (exact) mass is 279 g/mol. The summed E-state index contributed by atoms with van der Waals surface area (Å²) in [5, 5.41) is 2.78. The van der Waals surface area contributed by atoms with E-state index in [9.17, 15) is 4.79 Å². The van der Waals surface area contributed by atoms with Gasteiger partial charge in [0.2, 0.25) is 5.76 Å². The molecular formula is C16H13N3O2. The lowest BCUT2D eigenvalue weighted by Crippen LogP contribution is -2.12. The molecule has 3 rings (SSSR count). The van der Waals surface area contributed by atoms with Crippen molar-refractivity contribution in [3.63, 3.8) is 0 Å². The molecule has 0 fully saturated rings. The Kier molecular flexibility index (Phi) is 3.47. The minimum Gasteiger partial charge on any atom is -0.438 e. The predicted molar refractivity (Wildman–Crippen MR) is 78.9 cm³/mol. The summed E-state index contributed by atoms with van der Waals surface area (Å²) in [6.45, 7) is 1.86. The van der Waals surface area contributed by atoms with Crippen LogP contribution in [0.4, 0.5) is 5.69 Å². The van der Waals surface area contributed by atoms with Crippen LogP contribution >= 0.6 is 0 Å². The average Bonchev–Trinajstić information content (AvgIpc) is 2.98. The lowest BCUT2D eigenvalue weighted by Gasteiger charge is -2.05. The highest BCUT2D eigenvalue weighted by Gasteiger charge is 2.18. The molecule has 1 amide bonds. The Morgan fingerprint density at radius 1 is 1.14 bits per heavy atom. The minimum atomic E-state index is -0.336. The van der Waals surface area contributed by atoms with E-state index in [1.165, 1.54) is 6.39 Å². The molecule has 1 N–H and O–H groups in total. The summed E-state index contributed by atoms with van der Waals surface area (Å²) < 4.78 is 5.24. The third-order valence-electron chi connectivity index (χ3n) is 2.98. The van der Waals surface area contributed by atoms with Gasteiger partial charge in [-0.3, -0.25) is 9.78 Å². The van der Waals surface area contributed by atoms with Crippen LogP contribution < -0.4 is 5.32 Å². The van der Waals surface area contributed by atoms with Gasteiger partial charge in [0.05, 0.1) is 0 Å². The normalized spacial score (nSPS) is 10.3. The highest BCUT2D eigenvalue weighted by atomic mass is 16.3. The third kappa shape index (κ3) is 2.81. The lowest BCUT2D eigenvalue weighted by atomic mass is 10.1. The van der Waals surface area contributed by atoms with Gasteiger partial charge in [0.1, 0.15) is 5.69 Å². The number of rotatable bonds is 3. The van der Waals surface area contributed by atoms with Gasteiger partial charge in [0, 0.05) is 23.1 Å². The molecule has 3 aromatic rings. The number of hydrogen-bond acceptors (Lipinski definition) is 4. The predicted octanol–water partition coefficient (Wildman–Crippen LogP) is 3.30. The summed E-state index contributed by atoms with van der Waals surface area (Å²) >= 11 is 0. The Morgan fingerprint density at radius 2 is 1.95 bits per heavy atom. The second-order valence-electron chi connectivity index (χ2n) is 4.54. The second-order valence-corrected chi connectivity index (χ2v) is 4.54. The number of aryl methyl sites for hydroxylation is 1. The molecule has 0 bridgehead atoms. The van der Waals surface area contributed by atoms with E-state index in [0.29, 0.717) is 11.4 Å². The molecule has 1 aromatic carbocycles. The van der Waals surface area contributed by atoms with Crippen molar-refractivity contribution in [1.29, 1.82) is 0 Å². The number of nitrogens with zero attached hydrogens (tertiary/aromatic N) is 2. The van der Waals surface area contributed by atoms with Crippen LogP contribution in [0.3, 0.4) is 0 Å². The number of carbonyl (C=O) groups is 1. The molecule has 5 nitrogen and oxygen atoms in total. The molecule has 104 valence electrons. The van der Waals surface area contributed by atoms with Gasteiger partial charge >= 0.3 is 0 Å². The van der Waals surface area contributed by atoms with Crippen LogP contribution in [0.15, 0.2) is 59.5 Å². The van der Waals surface area contributed by atoms with Crippen molar-refractivity contribution in [2.24, 2.45) is 0 Å². The fourth-order valence-corrected chi connectivity index (χ4v) is 2.02. The third-order valence-corrected chi connectivity index (χ3v) is 2.98. The Labute approximate surface area is 121 Å². The van der Waals surface area contributed by atoms with Gasteiger partial charge in [-0.25, -0.2) is 4.98 Å². The maximum absolute atomic E-state index is 12.3. The molecule has 2 heterocycles. The smallest absolute Gasteiger partial charge is 0.293 e. The number of nitrogens with one attached hydrogen (secondary N) is 1. The molecule has 0 aliphatic rings. The molecule has 0 unspecified atom stereocenters. The first-order chi connectivity index (χ1) is 10.2. The van der Waals surface area contributed by atoms with Gasteiger partial charge in [-0.2, -0.15) is 0 Å². The van der Waals surface area contributed by atoms with Gasteiger partial charge in [-0.05, 0) is 19.1 Å². The fourth-order valence-electron chi connectivity index (χ4n) is 2.02. The SMILES string of the molecule is Cc1cc(NC(=O)c2ocnc2-c2ccccc2)ccn1. The largest absolute Gasteiger partial charge is 0.438 e. The van der Waals surface area contributed by atoms with Crippen molar-refractivity contribution in [2.45, 2.75) is 6.92 Å². The quantitative estimate of drug-likeness (QED) is 0.798. The standard InChI is InChI=1S/C16H13N3O2/c1-11-9-13(7-8-17-11)19-16(20)15-14(18-10-21-15)12-5-3-2-4-6-12/h2-10H,1H3,(H,17,19,20). The van der Waals surface area contributed by atoms with E-state index >= 15 is 0 Å². The van der Waals surface area contributed by atoms with Crippen LogP contribution in [-0.4, -0.2) is 15.9 Å². The van der Waals surface area contributed by atoms with E-state index in [0.717, 1.165) is 11.3 Å². The van der Waals surface area contributed by atoms with Gasteiger partial charge in [0.15, 0.2) is 6.39 Å². The molecule has 0 spiro atoms. The number of aromatic nitrogens is 2. The summed E-state index contributed by atoms with van der Waals surface area (Å²) in [7, 11) is 0. The Balaban J connectivity index is 1.88. The van der Waals surface area contributed by atoms with E-state index in [1.54, 1.807) is 18.3 Å². The molecule has 0 atom stereocenters. The van der Waals surface area contributed by atoms with E-state index in [2.05, 4.69) is 15.3 Å². The molecule has 0 saturated heterocycles. The molecule has 5 heteroatoms. The number of benzene rings is 1. The summed E-state index contributed by atoms with van der Waals surface area (Å²) in [6, 6.07) is 13.0.